The van der Waals surface area contributed by atoms with Crippen LogP contribution in [0.2, 0.25) is 0 Å². The molecule has 0 atom stereocenters. The Labute approximate surface area is 194 Å². The zero-order valence-corrected chi connectivity index (χ0v) is 19.3. The molecule has 1 aromatic heterocycles. The molecule has 7 heteroatoms. The van der Waals surface area contributed by atoms with Gasteiger partial charge in [0.15, 0.2) is 5.82 Å². The number of hydrogen-bond donors (Lipinski definition) is 0. The van der Waals surface area contributed by atoms with Crippen LogP contribution in [0.15, 0.2) is 54.9 Å². The summed E-state index contributed by atoms with van der Waals surface area (Å²) in [5.74, 6) is 1.12. The van der Waals surface area contributed by atoms with E-state index in [-0.39, 0.29) is 11.3 Å². The molecule has 0 radical (unpaired) electrons. The number of anilines is 1. The van der Waals surface area contributed by atoms with E-state index in [1.54, 1.807) is 7.11 Å². The van der Waals surface area contributed by atoms with Crippen molar-refractivity contribution in [3.63, 3.8) is 0 Å². The number of ether oxygens (including phenoxy) is 2. The average molecular weight is 449 g/mol. The van der Waals surface area contributed by atoms with Crippen LogP contribution in [0.5, 0.6) is 17.4 Å². The summed E-state index contributed by atoms with van der Waals surface area (Å²) in [4.78, 5) is 12.6. The van der Waals surface area contributed by atoms with E-state index in [9.17, 15) is 0 Å². The molecule has 172 valence electrons. The molecule has 0 N–H and O–H groups in total. The third-order valence-electron chi connectivity index (χ3n) is 6.91. The highest BCUT2D eigenvalue weighted by atomic mass is 19.1. The smallest absolute Gasteiger partial charge is 0.261 e. The Balaban J connectivity index is 1.28. The molecule has 0 aliphatic carbocycles. The van der Waals surface area contributed by atoms with Crippen molar-refractivity contribution >= 4 is 5.82 Å². The minimum Gasteiger partial charge on any atom is -0.497 e. The zero-order chi connectivity index (χ0) is 23.0. The van der Waals surface area contributed by atoms with Gasteiger partial charge in [0.25, 0.3) is 5.88 Å². The molecule has 3 aromatic rings. The van der Waals surface area contributed by atoms with Gasteiger partial charge in [0.05, 0.1) is 7.11 Å². The van der Waals surface area contributed by atoms with Crippen molar-refractivity contribution in [2.24, 2.45) is 0 Å². The van der Waals surface area contributed by atoms with Crippen LogP contribution in [-0.4, -0.2) is 54.2 Å². The van der Waals surface area contributed by atoms with E-state index < -0.39 is 5.82 Å². The molecule has 6 nitrogen and oxygen atoms in total. The highest BCUT2D eigenvalue weighted by molar-refractivity contribution is 5.48. The van der Waals surface area contributed by atoms with Gasteiger partial charge in [0.1, 0.15) is 17.8 Å². The molecular formula is C26H29FN4O2. The quantitative estimate of drug-likeness (QED) is 0.525. The molecule has 0 spiro atoms. The highest BCUT2D eigenvalue weighted by Crippen LogP contribution is 2.35. The molecule has 2 fully saturated rings. The number of halogens is 1. The fourth-order valence-electron chi connectivity index (χ4n) is 4.43. The Morgan fingerprint density at radius 2 is 1.52 bits per heavy atom. The van der Waals surface area contributed by atoms with Gasteiger partial charge >= 0.3 is 0 Å². The van der Waals surface area contributed by atoms with Gasteiger partial charge in [-0.15, -0.1) is 0 Å². The van der Waals surface area contributed by atoms with E-state index in [0.29, 0.717) is 17.6 Å². The van der Waals surface area contributed by atoms with E-state index in [1.807, 2.05) is 41.3 Å². The number of rotatable bonds is 7. The summed E-state index contributed by atoms with van der Waals surface area (Å²) < 4.78 is 26.2. The maximum atomic E-state index is 15.1. The van der Waals surface area contributed by atoms with Crippen molar-refractivity contribution in [2.45, 2.75) is 31.7 Å². The van der Waals surface area contributed by atoms with Crippen molar-refractivity contribution < 1.29 is 13.9 Å². The van der Waals surface area contributed by atoms with Crippen LogP contribution in [0.25, 0.3) is 0 Å². The summed E-state index contributed by atoms with van der Waals surface area (Å²) in [5, 5.41) is 0. The van der Waals surface area contributed by atoms with Crippen LogP contribution in [0.1, 0.15) is 31.4 Å². The van der Waals surface area contributed by atoms with Crippen LogP contribution in [0.3, 0.4) is 0 Å². The topological polar surface area (TPSA) is 50.7 Å². The van der Waals surface area contributed by atoms with E-state index in [4.69, 9.17) is 9.47 Å². The lowest BCUT2D eigenvalue weighted by Gasteiger charge is -2.49. The second-order valence-electron chi connectivity index (χ2n) is 9.24. The maximum Gasteiger partial charge on any atom is 0.261 e. The van der Waals surface area contributed by atoms with Gasteiger partial charge in [-0.2, -0.15) is 9.37 Å². The van der Waals surface area contributed by atoms with E-state index in [0.717, 1.165) is 37.5 Å². The van der Waals surface area contributed by atoms with Gasteiger partial charge in [0, 0.05) is 24.5 Å². The summed E-state index contributed by atoms with van der Waals surface area (Å²) in [6.45, 7) is 8.21. The van der Waals surface area contributed by atoms with Crippen molar-refractivity contribution in [3.8, 4) is 17.4 Å². The third-order valence-corrected chi connectivity index (χ3v) is 6.91. The first-order valence-corrected chi connectivity index (χ1v) is 11.4. The molecule has 0 amide bonds. The zero-order valence-electron chi connectivity index (χ0n) is 19.3. The molecule has 0 bridgehead atoms. The molecule has 5 rings (SSSR count). The number of hydrogen-bond acceptors (Lipinski definition) is 6. The Hall–Kier alpha value is -3.19. The summed E-state index contributed by atoms with van der Waals surface area (Å²) in [5.41, 5.74) is 2.10. The molecular weight excluding hydrogens is 419 g/mol. The Morgan fingerprint density at radius 1 is 0.909 bits per heavy atom. The van der Waals surface area contributed by atoms with Crippen molar-refractivity contribution in [1.82, 2.24) is 14.9 Å². The fourth-order valence-corrected chi connectivity index (χ4v) is 4.43. The minimum atomic E-state index is -0.512. The summed E-state index contributed by atoms with van der Waals surface area (Å²) >= 11 is 0. The maximum absolute atomic E-state index is 15.1. The van der Waals surface area contributed by atoms with Gasteiger partial charge in [-0.1, -0.05) is 38.1 Å². The lowest BCUT2D eigenvalue weighted by atomic mass is 9.78. The fraction of sp³-hybridized carbons (Fsp3) is 0.385. The number of benzene rings is 2. The average Bonchev–Trinajstić information content (AvgIpc) is 2.77. The molecule has 2 aliphatic heterocycles. The van der Waals surface area contributed by atoms with Gasteiger partial charge < -0.3 is 14.4 Å². The predicted molar refractivity (Wildman–Crippen MR) is 126 cm³/mol. The SMILES string of the molecule is COc1ccc(C(C)(C)c2ccc(Oc3ncnc(N4CC(N5CCC5)C4)c3F)cc2)cc1. The standard InChI is InChI=1S/C26H29FN4O2/c1-26(2,18-5-9-21(32-3)10-6-18)19-7-11-22(12-8-19)33-25-23(27)24(28-17-29-25)31-15-20(16-31)30-13-4-14-30/h5-12,17,20H,4,13-16H2,1-3H3. The van der Waals surface area contributed by atoms with E-state index in [2.05, 4.69) is 40.8 Å². The second-order valence-corrected chi connectivity index (χ2v) is 9.24. The van der Waals surface area contributed by atoms with Gasteiger partial charge in [-0.25, -0.2) is 4.98 Å². The Morgan fingerprint density at radius 3 is 2.06 bits per heavy atom. The molecule has 2 saturated heterocycles. The number of likely N-dealkylation sites (tertiary alicyclic amines) is 1. The van der Waals surface area contributed by atoms with Crippen molar-refractivity contribution in [3.05, 3.63) is 71.8 Å². The van der Waals surface area contributed by atoms with Crippen LogP contribution in [-0.2, 0) is 5.41 Å². The highest BCUT2D eigenvalue weighted by Gasteiger charge is 2.36. The second kappa shape index (κ2) is 8.63. The minimum absolute atomic E-state index is 0.0467. The van der Waals surface area contributed by atoms with Crippen LogP contribution in [0.4, 0.5) is 10.2 Å². The first kappa shape index (κ1) is 21.6. The molecule has 2 aromatic carbocycles. The van der Waals surface area contributed by atoms with Crippen LogP contribution < -0.4 is 14.4 Å². The lowest BCUT2D eigenvalue weighted by molar-refractivity contribution is 0.0969. The molecule has 33 heavy (non-hydrogen) atoms. The first-order chi connectivity index (χ1) is 16.0. The van der Waals surface area contributed by atoms with Gasteiger partial charge in [-0.05, 0) is 54.9 Å². The van der Waals surface area contributed by atoms with Crippen LogP contribution >= 0.6 is 0 Å². The first-order valence-electron chi connectivity index (χ1n) is 11.4. The Kier molecular flexibility index (Phi) is 5.66. The third kappa shape index (κ3) is 4.13. The van der Waals surface area contributed by atoms with Crippen molar-refractivity contribution in [2.75, 3.05) is 38.2 Å². The van der Waals surface area contributed by atoms with Crippen molar-refractivity contribution in [1.29, 1.82) is 0 Å². The molecule has 3 heterocycles. The van der Waals surface area contributed by atoms with Gasteiger partial charge in [-0.3, -0.25) is 4.90 Å². The number of nitrogens with zero attached hydrogens (tertiary/aromatic N) is 4. The summed E-state index contributed by atoms with van der Waals surface area (Å²) in [6.07, 6.45) is 2.62. The van der Waals surface area contributed by atoms with E-state index >= 15 is 4.39 Å². The summed E-state index contributed by atoms with van der Waals surface area (Å²) in [6, 6.07) is 16.3. The number of methoxy groups -OCH3 is 1. The van der Waals surface area contributed by atoms with Gasteiger partial charge in [0.2, 0.25) is 5.82 Å². The predicted octanol–water partition coefficient (Wildman–Crippen LogP) is 4.64. The molecule has 0 saturated carbocycles. The van der Waals surface area contributed by atoms with Crippen LogP contribution in [0, 0.1) is 5.82 Å². The molecule has 2 aliphatic rings. The molecule has 0 unspecified atom stereocenters. The van der Waals surface area contributed by atoms with E-state index in [1.165, 1.54) is 18.3 Å². The monoisotopic (exact) mass is 448 g/mol. The Bertz CT molecular complexity index is 1110. The largest absolute Gasteiger partial charge is 0.497 e. The normalized spacial score (nSPS) is 16.8. The summed E-state index contributed by atoms with van der Waals surface area (Å²) in [7, 11) is 1.66. The number of aromatic nitrogens is 2. The lowest BCUT2D eigenvalue weighted by Crippen LogP contribution is -2.63.